The molecule has 100 valence electrons. The van der Waals surface area contributed by atoms with E-state index in [4.69, 9.17) is 4.74 Å². The maximum Gasteiger partial charge on any atom is 0.0910 e. The number of halogens is 1. The molecule has 2 nitrogen and oxygen atoms in total. The van der Waals surface area contributed by atoms with E-state index in [1.54, 1.807) is 11.3 Å². The third-order valence-corrected chi connectivity index (χ3v) is 5.18. The number of aliphatic hydroxyl groups excluding tert-OH is 1. The van der Waals surface area contributed by atoms with Crippen LogP contribution in [0.3, 0.4) is 0 Å². The number of aliphatic hydroxyl groups is 1. The van der Waals surface area contributed by atoms with Crippen molar-refractivity contribution in [3.8, 4) is 0 Å². The van der Waals surface area contributed by atoms with Crippen LogP contribution in [0, 0.1) is 0 Å². The first-order valence-electron chi connectivity index (χ1n) is 6.37. The summed E-state index contributed by atoms with van der Waals surface area (Å²) in [5.74, 6) is 0. The zero-order valence-electron chi connectivity index (χ0n) is 10.4. The van der Waals surface area contributed by atoms with Gasteiger partial charge in [0.2, 0.25) is 0 Å². The van der Waals surface area contributed by atoms with Crippen LogP contribution >= 0.6 is 27.3 Å². The molecule has 2 unspecified atom stereocenters. The number of ether oxygens (including phenoxy) is 1. The Hall–Kier alpha value is -0.680. The second-order valence-corrected chi connectivity index (χ2v) is 7.20. The molecule has 0 amide bonds. The van der Waals surface area contributed by atoms with Crippen molar-refractivity contribution >= 4 is 27.3 Å². The summed E-state index contributed by atoms with van der Waals surface area (Å²) < 4.78 is 6.88. The van der Waals surface area contributed by atoms with Crippen molar-refractivity contribution in [1.29, 1.82) is 0 Å². The smallest absolute Gasteiger partial charge is 0.0910 e. The Balaban J connectivity index is 1.77. The molecular formula is C15H15BrO2S. The van der Waals surface area contributed by atoms with Gasteiger partial charge in [-0.3, -0.25) is 0 Å². The highest BCUT2D eigenvalue weighted by molar-refractivity contribution is 9.11. The molecule has 2 aromatic rings. The Kier molecular flexibility index (Phi) is 4.03. The van der Waals surface area contributed by atoms with E-state index >= 15 is 0 Å². The highest BCUT2D eigenvalue weighted by Gasteiger charge is 2.24. The third-order valence-electron chi connectivity index (χ3n) is 3.45. The van der Waals surface area contributed by atoms with Crippen molar-refractivity contribution in [3.63, 3.8) is 0 Å². The van der Waals surface area contributed by atoms with Crippen LogP contribution in [0.5, 0.6) is 0 Å². The van der Waals surface area contributed by atoms with Gasteiger partial charge in [0.25, 0.3) is 0 Å². The summed E-state index contributed by atoms with van der Waals surface area (Å²) in [5.41, 5.74) is 2.57. The van der Waals surface area contributed by atoms with E-state index in [-0.39, 0.29) is 6.10 Å². The molecule has 2 heterocycles. The Morgan fingerprint density at radius 1 is 1.32 bits per heavy atom. The lowest BCUT2D eigenvalue weighted by atomic mass is 9.94. The van der Waals surface area contributed by atoms with Crippen molar-refractivity contribution in [2.24, 2.45) is 0 Å². The molecule has 1 N–H and O–H groups in total. The normalized spacial score (nSPS) is 20.0. The third kappa shape index (κ3) is 2.92. The van der Waals surface area contributed by atoms with Crippen LogP contribution in [0.2, 0.25) is 0 Å². The minimum absolute atomic E-state index is 0.000764. The molecule has 3 rings (SSSR count). The second-order valence-electron chi connectivity index (χ2n) is 4.70. The first-order chi connectivity index (χ1) is 9.24. The highest BCUT2D eigenvalue weighted by atomic mass is 79.9. The van der Waals surface area contributed by atoms with E-state index in [0.717, 1.165) is 21.7 Å². The molecule has 0 saturated carbocycles. The monoisotopic (exact) mass is 338 g/mol. The van der Waals surface area contributed by atoms with Crippen LogP contribution in [0.1, 0.15) is 34.6 Å². The molecule has 1 aromatic carbocycles. The summed E-state index contributed by atoms with van der Waals surface area (Å²) >= 11 is 5.00. The van der Waals surface area contributed by atoms with Crippen LogP contribution in [-0.2, 0) is 11.2 Å². The van der Waals surface area contributed by atoms with Gasteiger partial charge in [0, 0.05) is 11.3 Å². The van der Waals surface area contributed by atoms with Crippen LogP contribution in [0.25, 0.3) is 0 Å². The summed E-state index contributed by atoms with van der Waals surface area (Å²) in [7, 11) is 0. The van der Waals surface area contributed by atoms with Gasteiger partial charge >= 0.3 is 0 Å². The van der Waals surface area contributed by atoms with Crippen molar-refractivity contribution in [2.75, 3.05) is 6.61 Å². The largest absolute Gasteiger partial charge is 0.387 e. The van der Waals surface area contributed by atoms with E-state index < -0.39 is 6.10 Å². The van der Waals surface area contributed by atoms with Crippen LogP contribution in [0.15, 0.2) is 40.2 Å². The minimum Gasteiger partial charge on any atom is -0.387 e. The van der Waals surface area contributed by atoms with E-state index in [0.29, 0.717) is 6.42 Å². The fraction of sp³-hybridized carbons (Fsp3) is 0.333. The van der Waals surface area contributed by atoms with Gasteiger partial charge in [-0.1, -0.05) is 24.3 Å². The minimum atomic E-state index is -0.465. The van der Waals surface area contributed by atoms with Gasteiger partial charge in [0.1, 0.15) is 0 Å². The number of rotatable bonds is 3. The molecular weight excluding hydrogens is 324 g/mol. The Labute approximate surface area is 125 Å². The number of hydrogen-bond donors (Lipinski definition) is 1. The van der Waals surface area contributed by atoms with Crippen molar-refractivity contribution < 1.29 is 9.84 Å². The maximum absolute atomic E-state index is 10.3. The predicted octanol–water partition coefficient (Wildman–Crippen LogP) is 4.25. The summed E-state index contributed by atoms with van der Waals surface area (Å²) in [5, 5.41) is 10.3. The molecule has 1 aliphatic rings. The van der Waals surface area contributed by atoms with E-state index in [2.05, 4.69) is 34.1 Å². The lowest BCUT2D eigenvalue weighted by Crippen LogP contribution is -2.18. The SMILES string of the molecule is OC(CC1OCCc2ccccc21)c1ccc(Br)s1. The van der Waals surface area contributed by atoms with Crippen LogP contribution < -0.4 is 0 Å². The molecule has 0 aliphatic carbocycles. The van der Waals surface area contributed by atoms with Gasteiger partial charge < -0.3 is 9.84 Å². The number of benzene rings is 1. The fourth-order valence-electron chi connectivity index (χ4n) is 2.50. The quantitative estimate of drug-likeness (QED) is 0.906. The molecule has 0 fully saturated rings. The molecule has 1 aliphatic heterocycles. The van der Waals surface area contributed by atoms with Crippen molar-refractivity contribution in [1.82, 2.24) is 0 Å². The summed E-state index contributed by atoms with van der Waals surface area (Å²) in [6.45, 7) is 0.739. The average molecular weight is 339 g/mol. The Morgan fingerprint density at radius 3 is 2.95 bits per heavy atom. The Bertz CT molecular complexity index is 567. The van der Waals surface area contributed by atoms with Gasteiger partial charge in [-0.2, -0.15) is 0 Å². The lowest BCUT2D eigenvalue weighted by molar-refractivity contribution is 0.00457. The predicted molar refractivity (Wildman–Crippen MR) is 80.4 cm³/mol. The van der Waals surface area contributed by atoms with Gasteiger partial charge in [0.15, 0.2) is 0 Å². The van der Waals surface area contributed by atoms with E-state index in [9.17, 15) is 5.11 Å². The number of hydrogen-bond acceptors (Lipinski definition) is 3. The first-order valence-corrected chi connectivity index (χ1v) is 7.97. The molecule has 0 saturated heterocycles. The molecule has 0 spiro atoms. The van der Waals surface area contributed by atoms with Gasteiger partial charge in [-0.15, -0.1) is 11.3 Å². The lowest BCUT2D eigenvalue weighted by Gasteiger charge is -2.27. The standard InChI is InChI=1S/C15H15BrO2S/c16-15-6-5-14(19-15)12(17)9-13-11-4-2-1-3-10(11)7-8-18-13/h1-6,12-13,17H,7-9H2. The summed E-state index contributed by atoms with van der Waals surface area (Å²) in [6, 6.07) is 12.3. The molecule has 1 aromatic heterocycles. The van der Waals surface area contributed by atoms with Crippen LogP contribution in [-0.4, -0.2) is 11.7 Å². The van der Waals surface area contributed by atoms with Crippen molar-refractivity contribution in [2.45, 2.75) is 25.0 Å². The molecule has 2 atom stereocenters. The maximum atomic E-state index is 10.3. The summed E-state index contributed by atoms with van der Waals surface area (Å²) in [4.78, 5) is 0.985. The summed E-state index contributed by atoms with van der Waals surface area (Å²) in [6.07, 6.45) is 1.12. The molecule has 19 heavy (non-hydrogen) atoms. The molecule has 4 heteroatoms. The van der Waals surface area contributed by atoms with E-state index in [1.165, 1.54) is 11.1 Å². The zero-order chi connectivity index (χ0) is 13.2. The van der Waals surface area contributed by atoms with Crippen molar-refractivity contribution in [3.05, 3.63) is 56.2 Å². The van der Waals surface area contributed by atoms with E-state index in [1.807, 2.05) is 18.2 Å². The molecule has 0 bridgehead atoms. The Morgan fingerprint density at radius 2 is 2.16 bits per heavy atom. The first kappa shape index (κ1) is 13.3. The highest BCUT2D eigenvalue weighted by Crippen LogP contribution is 2.36. The average Bonchev–Trinajstić information content (AvgIpc) is 2.86. The fourth-order valence-corrected chi connectivity index (χ4v) is 3.92. The number of fused-ring (bicyclic) bond motifs is 1. The molecule has 0 radical (unpaired) electrons. The zero-order valence-corrected chi connectivity index (χ0v) is 12.8. The van der Waals surface area contributed by atoms with Gasteiger partial charge in [-0.05, 0) is 45.6 Å². The van der Waals surface area contributed by atoms with Crippen LogP contribution in [0.4, 0.5) is 0 Å². The topological polar surface area (TPSA) is 29.5 Å². The number of thiophene rings is 1. The van der Waals surface area contributed by atoms with Gasteiger partial charge in [0.05, 0.1) is 22.6 Å². The second kappa shape index (κ2) is 5.75. The van der Waals surface area contributed by atoms with Gasteiger partial charge in [-0.25, -0.2) is 0 Å².